The molecule has 22 heavy (non-hydrogen) atoms. The van der Waals surface area contributed by atoms with Crippen LogP contribution < -0.4 is 5.32 Å². The average molecular weight is 382 g/mol. The summed E-state index contributed by atoms with van der Waals surface area (Å²) in [5.41, 5.74) is 0.989. The van der Waals surface area contributed by atoms with Gasteiger partial charge in [-0.25, -0.2) is 4.98 Å². The molecule has 0 aliphatic carbocycles. The minimum Gasteiger partial charge on any atom is -0.347 e. The zero-order chi connectivity index (χ0) is 16.1. The Morgan fingerprint density at radius 1 is 1.32 bits per heavy atom. The highest BCUT2D eigenvalue weighted by Crippen LogP contribution is 2.15. The number of thiazole rings is 1. The number of hydrogen-bond donors (Lipinski definition) is 1. The molecule has 0 spiro atoms. The van der Waals surface area contributed by atoms with Crippen molar-refractivity contribution in [1.82, 2.24) is 15.2 Å². The van der Waals surface area contributed by atoms with Gasteiger partial charge in [-0.1, -0.05) is 30.3 Å². The van der Waals surface area contributed by atoms with Gasteiger partial charge < -0.3 is 10.2 Å². The van der Waals surface area contributed by atoms with Crippen LogP contribution in [0.15, 0.2) is 40.3 Å². The molecule has 0 fully saturated rings. The lowest BCUT2D eigenvalue weighted by molar-refractivity contribution is -0.130. The average Bonchev–Trinajstić information content (AvgIpc) is 2.93. The number of halogens is 1. The minimum absolute atomic E-state index is 0.146. The summed E-state index contributed by atoms with van der Waals surface area (Å²) >= 11 is 4.45. The summed E-state index contributed by atoms with van der Waals surface area (Å²) < 4.78 is 0.612. The fraction of sp³-hybridized carbons (Fsp3) is 0.267. The predicted molar refractivity (Wildman–Crippen MR) is 89.9 cm³/mol. The predicted octanol–water partition coefficient (Wildman–Crippen LogP) is 2.33. The highest BCUT2D eigenvalue weighted by Gasteiger charge is 2.24. The largest absolute Gasteiger partial charge is 0.347 e. The van der Waals surface area contributed by atoms with E-state index in [-0.39, 0.29) is 11.8 Å². The van der Waals surface area contributed by atoms with Gasteiger partial charge in [-0.05, 0) is 21.5 Å². The number of aromatic nitrogens is 1. The summed E-state index contributed by atoms with van der Waals surface area (Å²) in [7, 11) is 3.35. The van der Waals surface area contributed by atoms with Crippen molar-refractivity contribution < 1.29 is 9.59 Å². The van der Waals surface area contributed by atoms with Crippen LogP contribution in [0.25, 0.3) is 0 Å². The van der Waals surface area contributed by atoms with Crippen molar-refractivity contribution in [3.63, 3.8) is 0 Å². The number of benzene rings is 1. The first-order valence-electron chi connectivity index (χ1n) is 6.64. The molecule has 0 aliphatic heterocycles. The van der Waals surface area contributed by atoms with E-state index in [1.807, 2.05) is 30.3 Å². The van der Waals surface area contributed by atoms with E-state index in [1.165, 1.54) is 16.2 Å². The minimum atomic E-state index is -0.618. The molecule has 0 aliphatic rings. The summed E-state index contributed by atoms with van der Waals surface area (Å²) in [6, 6.07) is 8.98. The Labute approximate surface area is 141 Å². The van der Waals surface area contributed by atoms with Crippen LogP contribution in [0.5, 0.6) is 0 Å². The monoisotopic (exact) mass is 381 g/mol. The molecule has 7 heteroatoms. The van der Waals surface area contributed by atoms with Gasteiger partial charge >= 0.3 is 0 Å². The molecule has 1 heterocycles. The molecule has 1 aromatic carbocycles. The molecule has 116 valence electrons. The molecule has 1 atom stereocenters. The van der Waals surface area contributed by atoms with Gasteiger partial charge in [0.25, 0.3) is 5.91 Å². The molecule has 0 saturated carbocycles. The van der Waals surface area contributed by atoms with Crippen LogP contribution in [0, 0.1) is 0 Å². The summed E-state index contributed by atoms with van der Waals surface area (Å²) in [5, 5.41) is 4.83. The van der Waals surface area contributed by atoms with Gasteiger partial charge in [-0.15, -0.1) is 11.3 Å². The van der Waals surface area contributed by atoms with Crippen LogP contribution in [0.4, 0.5) is 0 Å². The lowest BCUT2D eigenvalue weighted by Crippen LogP contribution is -2.47. The van der Waals surface area contributed by atoms with Crippen LogP contribution in [-0.4, -0.2) is 41.8 Å². The molecule has 1 aromatic heterocycles. The first-order valence-corrected chi connectivity index (χ1v) is 8.31. The highest BCUT2D eigenvalue weighted by molar-refractivity contribution is 9.10. The van der Waals surface area contributed by atoms with Gasteiger partial charge in [0, 0.05) is 25.9 Å². The zero-order valence-corrected chi connectivity index (χ0v) is 14.6. The van der Waals surface area contributed by atoms with Crippen LogP contribution in [0.1, 0.15) is 15.4 Å². The summed E-state index contributed by atoms with van der Waals surface area (Å²) in [6.45, 7) is 0. The van der Waals surface area contributed by atoms with Crippen molar-refractivity contribution >= 4 is 39.1 Å². The normalized spacial score (nSPS) is 11.8. The van der Waals surface area contributed by atoms with E-state index < -0.39 is 6.04 Å². The number of rotatable bonds is 5. The van der Waals surface area contributed by atoms with E-state index >= 15 is 0 Å². The Bertz CT molecular complexity index is 658. The van der Waals surface area contributed by atoms with Crippen LogP contribution in [0.3, 0.4) is 0 Å². The van der Waals surface area contributed by atoms with Gasteiger partial charge in [-0.2, -0.15) is 0 Å². The maximum absolute atomic E-state index is 12.3. The van der Waals surface area contributed by atoms with Crippen molar-refractivity contribution in [1.29, 1.82) is 0 Å². The number of carbonyl (C=O) groups excluding carboxylic acids is 2. The second-order valence-corrected chi connectivity index (χ2v) is 6.59. The van der Waals surface area contributed by atoms with Crippen molar-refractivity contribution in [2.45, 2.75) is 12.5 Å². The van der Waals surface area contributed by atoms with Gasteiger partial charge in [0.15, 0.2) is 5.01 Å². The number of hydrogen-bond acceptors (Lipinski definition) is 4. The molecule has 1 N–H and O–H groups in total. The topological polar surface area (TPSA) is 62.3 Å². The third-order valence-corrected chi connectivity index (χ3v) is 4.55. The van der Waals surface area contributed by atoms with Crippen molar-refractivity contribution in [2.75, 3.05) is 14.1 Å². The van der Waals surface area contributed by atoms with E-state index in [9.17, 15) is 9.59 Å². The smallest absolute Gasteiger partial charge is 0.280 e. The van der Waals surface area contributed by atoms with Gasteiger partial charge in [-0.3, -0.25) is 9.59 Å². The molecular weight excluding hydrogens is 366 g/mol. The van der Waals surface area contributed by atoms with Crippen LogP contribution in [0.2, 0.25) is 0 Å². The number of nitrogens with one attached hydrogen (secondary N) is 1. The van der Waals surface area contributed by atoms with Crippen molar-refractivity contribution in [3.8, 4) is 0 Å². The second kappa shape index (κ2) is 7.51. The Morgan fingerprint density at radius 2 is 2.00 bits per heavy atom. The van der Waals surface area contributed by atoms with Crippen molar-refractivity contribution in [3.05, 3.63) is 50.9 Å². The van der Waals surface area contributed by atoms with E-state index in [4.69, 9.17) is 0 Å². The van der Waals surface area contributed by atoms with Crippen LogP contribution in [-0.2, 0) is 11.2 Å². The van der Waals surface area contributed by atoms with Gasteiger partial charge in [0.2, 0.25) is 5.91 Å². The van der Waals surface area contributed by atoms with Gasteiger partial charge in [0.05, 0.1) is 0 Å². The Balaban J connectivity index is 2.14. The highest BCUT2D eigenvalue weighted by atomic mass is 79.9. The molecule has 0 saturated heterocycles. The Kier molecular flexibility index (Phi) is 5.68. The molecule has 2 amide bonds. The van der Waals surface area contributed by atoms with Crippen molar-refractivity contribution in [2.24, 2.45) is 0 Å². The number of carbonyl (C=O) groups is 2. The van der Waals surface area contributed by atoms with E-state index in [2.05, 4.69) is 26.2 Å². The summed E-state index contributed by atoms with van der Waals surface area (Å²) in [5.74, 6) is -0.486. The standard InChI is InChI=1S/C15H16BrN3O2S/c1-19(2)15(21)11(8-10-6-4-3-5-7-10)17-13(20)14-18-12(16)9-22-14/h3-7,9,11H,8H2,1-2H3,(H,17,20). The Hall–Kier alpha value is -1.73. The fourth-order valence-electron chi connectivity index (χ4n) is 1.94. The maximum Gasteiger partial charge on any atom is 0.280 e. The maximum atomic E-state index is 12.3. The fourth-order valence-corrected chi connectivity index (χ4v) is 3.09. The Morgan fingerprint density at radius 3 is 2.55 bits per heavy atom. The van der Waals surface area contributed by atoms with E-state index in [0.29, 0.717) is 16.0 Å². The number of likely N-dealkylation sites (N-methyl/N-ethyl adjacent to an activating group) is 1. The third-order valence-electron chi connectivity index (χ3n) is 3.00. The third kappa shape index (κ3) is 4.38. The second-order valence-electron chi connectivity index (χ2n) is 4.92. The SMILES string of the molecule is CN(C)C(=O)C(Cc1ccccc1)NC(=O)c1nc(Br)cs1. The van der Waals surface area contributed by atoms with Gasteiger partial charge in [0.1, 0.15) is 10.6 Å². The molecule has 1 unspecified atom stereocenters. The van der Waals surface area contributed by atoms with Crippen LogP contribution >= 0.6 is 27.3 Å². The molecule has 0 bridgehead atoms. The lowest BCUT2D eigenvalue weighted by atomic mass is 10.0. The molecule has 2 rings (SSSR count). The summed E-state index contributed by atoms with van der Waals surface area (Å²) in [6.07, 6.45) is 0.441. The zero-order valence-electron chi connectivity index (χ0n) is 12.2. The molecular formula is C15H16BrN3O2S. The first-order chi connectivity index (χ1) is 10.5. The number of nitrogens with zero attached hydrogens (tertiary/aromatic N) is 2. The van der Waals surface area contributed by atoms with E-state index in [0.717, 1.165) is 5.56 Å². The number of amides is 2. The molecule has 2 aromatic rings. The molecule has 0 radical (unpaired) electrons. The van der Waals surface area contributed by atoms with E-state index in [1.54, 1.807) is 19.5 Å². The lowest BCUT2D eigenvalue weighted by Gasteiger charge is -2.21. The molecule has 5 nitrogen and oxygen atoms in total. The summed E-state index contributed by atoms with van der Waals surface area (Å²) in [4.78, 5) is 30.1. The first kappa shape index (κ1) is 16.6. The quantitative estimate of drug-likeness (QED) is 0.864.